The van der Waals surface area contributed by atoms with Gasteiger partial charge in [-0.15, -0.1) is 0 Å². The third-order valence-corrected chi connectivity index (χ3v) is 7.19. The third-order valence-electron chi connectivity index (χ3n) is 7.19. The minimum absolute atomic E-state index is 0.0786. The highest BCUT2D eigenvalue weighted by Crippen LogP contribution is 2.38. The van der Waals surface area contributed by atoms with E-state index in [1.807, 2.05) is 42.5 Å². The Balaban J connectivity index is 1.38. The number of benzene rings is 2. The van der Waals surface area contributed by atoms with Crippen molar-refractivity contribution >= 4 is 22.7 Å². The number of ether oxygens (including phenoxy) is 1. The van der Waals surface area contributed by atoms with Crippen LogP contribution in [0, 0.1) is 0 Å². The Hall–Kier alpha value is -3.29. The number of amides is 3. The zero-order valence-electron chi connectivity index (χ0n) is 19.5. The highest BCUT2D eigenvalue weighted by molar-refractivity contribution is 6.07. The molecule has 34 heavy (non-hydrogen) atoms. The van der Waals surface area contributed by atoms with E-state index >= 15 is 0 Å². The van der Waals surface area contributed by atoms with Crippen LogP contribution >= 0.6 is 0 Å². The number of fused-ring (bicyclic) bond motifs is 1. The van der Waals surface area contributed by atoms with Crippen molar-refractivity contribution in [3.8, 4) is 0 Å². The Bertz CT molecular complexity index is 1170. The fourth-order valence-electron chi connectivity index (χ4n) is 5.33. The van der Waals surface area contributed by atoms with Crippen LogP contribution in [-0.2, 0) is 22.6 Å². The average Bonchev–Trinajstić information content (AvgIpc) is 3.06. The summed E-state index contributed by atoms with van der Waals surface area (Å²) in [5.74, 6) is -0.0786. The number of carbonyl (C=O) groups excluding carboxylic acids is 2. The van der Waals surface area contributed by atoms with E-state index in [-0.39, 0.29) is 18.5 Å². The maximum Gasteiger partial charge on any atom is 0.328 e. The monoisotopic (exact) mass is 458 g/mol. The summed E-state index contributed by atoms with van der Waals surface area (Å²) in [4.78, 5) is 37.1. The molecule has 176 valence electrons. The number of hydrogen-bond donors (Lipinski definition) is 0. The van der Waals surface area contributed by atoms with E-state index in [4.69, 9.17) is 4.74 Å². The second-order valence-electron chi connectivity index (χ2n) is 9.12. The van der Waals surface area contributed by atoms with Gasteiger partial charge < -0.3 is 9.64 Å². The number of hydrogen-bond acceptors (Lipinski definition) is 5. The molecule has 2 saturated heterocycles. The van der Waals surface area contributed by atoms with Gasteiger partial charge in [0, 0.05) is 45.7 Å². The first-order valence-electron chi connectivity index (χ1n) is 11.8. The molecule has 0 bridgehead atoms. The maximum absolute atomic E-state index is 13.9. The number of aromatic nitrogens is 1. The van der Waals surface area contributed by atoms with Gasteiger partial charge in [0.1, 0.15) is 5.54 Å². The number of carbonyl (C=O) groups is 2. The van der Waals surface area contributed by atoms with E-state index in [1.54, 1.807) is 24.4 Å². The smallest absolute Gasteiger partial charge is 0.328 e. The Morgan fingerprint density at radius 1 is 0.941 bits per heavy atom. The zero-order valence-corrected chi connectivity index (χ0v) is 19.5. The molecule has 5 rings (SSSR count). The molecule has 1 aromatic heterocycles. The predicted octanol–water partition coefficient (Wildman–Crippen LogP) is 3.68. The molecular weight excluding hydrogens is 428 g/mol. The fourth-order valence-corrected chi connectivity index (χ4v) is 5.33. The molecule has 7 heteroatoms. The zero-order chi connectivity index (χ0) is 23.5. The van der Waals surface area contributed by atoms with Crippen molar-refractivity contribution in [3.63, 3.8) is 0 Å². The van der Waals surface area contributed by atoms with Crippen molar-refractivity contribution in [1.29, 1.82) is 0 Å². The molecule has 2 aromatic carbocycles. The first-order chi connectivity index (χ1) is 16.6. The molecule has 0 radical (unpaired) electrons. The summed E-state index contributed by atoms with van der Waals surface area (Å²) >= 11 is 0. The van der Waals surface area contributed by atoms with Gasteiger partial charge in [0.15, 0.2) is 0 Å². The summed E-state index contributed by atoms with van der Waals surface area (Å²) in [6.07, 6.45) is 4.85. The lowest BCUT2D eigenvalue weighted by molar-refractivity contribution is -0.136. The SMILES string of the molecule is COCCN1C(=O)N(Cc2cccc3ccccc23)C(=O)C12CCN(Cc1ccncc1)CC2. The van der Waals surface area contributed by atoms with Crippen molar-refractivity contribution in [3.05, 3.63) is 78.1 Å². The first kappa shape index (κ1) is 22.5. The predicted molar refractivity (Wildman–Crippen MR) is 130 cm³/mol. The Labute approximate surface area is 199 Å². The van der Waals surface area contributed by atoms with Crippen molar-refractivity contribution in [2.45, 2.75) is 31.5 Å². The number of pyridine rings is 1. The summed E-state index contributed by atoms with van der Waals surface area (Å²) in [5, 5.41) is 2.18. The summed E-state index contributed by atoms with van der Waals surface area (Å²) < 4.78 is 5.29. The number of rotatable bonds is 7. The van der Waals surface area contributed by atoms with Crippen LogP contribution in [0.1, 0.15) is 24.0 Å². The maximum atomic E-state index is 13.9. The van der Waals surface area contributed by atoms with Gasteiger partial charge in [0.2, 0.25) is 0 Å². The molecule has 0 unspecified atom stereocenters. The second kappa shape index (κ2) is 9.52. The van der Waals surface area contributed by atoms with Crippen LogP contribution in [0.3, 0.4) is 0 Å². The van der Waals surface area contributed by atoms with Gasteiger partial charge >= 0.3 is 6.03 Å². The van der Waals surface area contributed by atoms with Crippen molar-refractivity contribution in [2.24, 2.45) is 0 Å². The lowest BCUT2D eigenvalue weighted by Gasteiger charge is -2.42. The molecular formula is C27H30N4O3. The molecule has 3 amide bonds. The molecule has 2 fully saturated rings. The molecule has 3 aromatic rings. The lowest BCUT2D eigenvalue weighted by Crippen LogP contribution is -2.57. The molecule has 0 saturated carbocycles. The molecule has 7 nitrogen and oxygen atoms in total. The molecule has 0 atom stereocenters. The summed E-state index contributed by atoms with van der Waals surface area (Å²) in [6.45, 7) is 3.43. The summed E-state index contributed by atoms with van der Waals surface area (Å²) in [7, 11) is 1.63. The lowest BCUT2D eigenvalue weighted by atomic mass is 9.85. The van der Waals surface area contributed by atoms with Crippen LogP contribution in [0.15, 0.2) is 67.0 Å². The molecule has 0 aliphatic carbocycles. The minimum Gasteiger partial charge on any atom is -0.383 e. The van der Waals surface area contributed by atoms with Crippen molar-refractivity contribution in [2.75, 3.05) is 33.4 Å². The quantitative estimate of drug-likeness (QED) is 0.506. The van der Waals surface area contributed by atoms with Crippen LogP contribution in [0.5, 0.6) is 0 Å². The van der Waals surface area contributed by atoms with Gasteiger partial charge in [-0.2, -0.15) is 0 Å². The first-order valence-corrected chi connectivity index (χ1v) is 11.8. The molecule has 1 spiro atoms. The van der Waals surface area contributed by atoms with E-state index in [0.29, 0.717) is 26.0 Å². The summed E-state index contributed by atoms with van der Waals surface area (Å²) in [6, 6.07) is 18.0. The van der Waals surface area contributed by atoms with E-state index in [9.17, 15) is 9.59 Å². The topological polar surface area (TPSA) is 66.0 Å². The highest BCUT2D eigenvalue weighted by Gasteiger charge is 2.57. The van der Waals surface area contributed by atoms with Crippen LogP contribution < -0.4 is 0 Å². The van der Waals surface area contributed by atoms with Crippen molar-refractivity contribution in [1.82, 2.24) is 19.7 Å². The molecule has 2 aliphatic rings. The van der Waals surface area contributed by atoms with Gasteiger partial charge in [-0.25, -0.2) is 4.79 Å². The molecule has 2 aliphatic heterocycles. The van der Waals surface area contributed by atoms with Gasteiger partial charge in [-0.1, -0.05) is 42.5 Å². The molecule has 3 heterocycles. The van der Waals surface area contributed by atoms with E-state index in [2.05, 4.69) is 22.0 Å². The minimum atomic E-state index is -0.797. The Kier molecular flexibility index (Phi) is 6.30. The second-order valence-corrected chi connectivity index (χ2v) is 9.12. The number of likely N-dealkylation sites (tertiary alicyclic amines) is 1. The Morgan fingerprint density at radius 2 is 1.68 bits per heavy atom. The third kappa shape index (κ3) is 4.06. The van der Waals surface area contributed by atoms with Crippen LogP contribution in [0.25, 0.3) is 10.8 Å². The number of urea groups is 1. The number of nitrogens with zero attached hydrogens (tertiary/aromatic N) is 4. The van der Waals surface area contributed by atoms with E-state index in [1.165, 1.54) is 10.5 Å². The standard InChI is InChI=1S/C27H30N4O3/c1-34-18-17-31-26(33)30(20-23-7-4-6-22-5-2-3-8-24(22)23)25(32)27(31)11-15-29(16-12-27)19-21-9-13-28-14-10-21/h2-10,13-14H,11-12,15-20H2,1H3. The normalized spacial score (nSPS) is 18.4. The van der Waals surface area contributed by atoms with Crippen molar-refractivity contribution < 1.29 is 14.3 Å². The van der Waals surface area contributed by atoms with E-state index in [0.717, 1.165) is 36.0 Å². The largest absolute Gasteiger partial charge is 0.383 e. The van der Waals surface area contributed by atoms with Crippen LogP contribution in [-0.4, -0.2) is 70.5 Å². The average molecular weight is 459 g/mol. The summed E-state index contributed by atoms with van der Waals surface area (Å²) in [5.41, 5.74) is 1.39. The number of imide groups is 1. The van der Waals surface area contributed by atoms with Gasteiger partial charge in [0.05, 0.1) is 13.2 Å². The van der Waals surface area contributed by atoms with Gasteiger partial charge in [0.25, 0.3) is 5.91 Å². The van der Waals surface area contributed by atoms with Gasteiger partial charge in [-0.3, -0.25) is 19.6 Å². The molecule has 0 N–H and O–H groups in total. The number of piperidine rings is 1. The highest BCUT2D eigenvalue weighted by atomic mass is 16.5. The van der Waals surface area contributed by atoms with Gasteiger partial charge in [-0.05, 0) is 46.9 Å². The Morgan fingerprint density at radius 3 is 2.44 bits per heavy atom. The van der Waals surface area contributed by atoms with Crippen LogP contribution in [0.4, 0.5) is 4.79 Å². The number of methoxy groups -OCH3 is 1. The van der Waals surface area contributed by atoms with Crippen LogP contribution in [0.2, 0.25) is 0 Å². The fraction of sp³-hybridized carbons (Fsp3) is 0.370. The van der Waals surface area contributed by atoms with E-state index < -0.39 is 5.54 Å².